The van der Waals surface area contributed by atoms with E-state index >= 15 is 0 Å². The molecule has 1 aromatic carbocycles. The van der Waals surface area contributed by atoms with E-state index in [0.29, 0.717) is 23.5 Å². The quantitative estimate of drug-likeness (QED) is 0.697. The number of nitrogens with one attached hydrogen (secondary N) is 1. The number of aryl methyl sites for hydroxylation is 1. The Bertz CT molecular complexity index is 647. The molecule has 102 valence electrons. The molecule has 0 amide bonds. The van der Waals surface area contributed by atoms with Gasteiger partial charge in [0.25, 0.3) is 0 Å². The smallest absolute Gasteiger partial charge is 0.156 e. The number of carbonyl (C=O) groups is 1. The lowest BCUT2D eigenvalue weighted by Crippen LogP contribution is -2.22. The molecule has 4 nitrogen and oxygen atoms in total. The second-order valence-electron chi connectivity index (χ2n) is 4.96. The zero-order valence-corrected chi connectivity index (χ0v) is 11.8. The minimum Gasteiger partial charge on any atom is -0.366 e. The van der Waals surface area contributed by atoms with Crippen molar-refractivity contribution in [3.8, 4) is 0 Å². The van der Waals surface area contributed by atoms with Crippen LogP contribution in [0.25, 0.3) is 0 Å². The fourth-order valence-electron chi connectivity index (χ4n) is 2.62. The number of fused-ring (bicyclic) bond motifs is 1. The summed E-state index contributed by atoms with van der Waals surface area (Å²) in [5.74, 6) is 1.08. The zero-order chi connectivity index (χ0) is 14.1. The van der Waals surface area contributed by atoms with E-state index in [9.17, 15) is 4.79 Å². The first kappa shape index (κ1) is 13.1. The maximum Gasteiger partial charge on any atom is 0.156 e. The van der Waals surface area contributed by atoms with Gasteiger partial charge in [0.05, 0.1) is 5.56 Å². The molecule has 1 aliphatic rings. The van der Waals surface area contributed by atoms with Crippen LogP contribution in [0, 0.1) is 6.92 Å². The Morgan fingerprint density at radius 2 is 1.90 bits per heavy atom. The standard InChI is InChI=1S/C15H14ClN3O/c1-9-17-14(16)13(8-20)15(18-9)19-12-6-10-4-2-3-5-11(10)7-12/h2-5,8,12H,6-7H2,1H3,(H,17,18,19). The Balaban J connectivity index is 1.85. The van der Waals surface area contributed by atoms with Crippen LogP contribution >= 0.6 is 11.6 Å². The van der Waals surface area contributed by atoms with E-state index in [1.807, 2.05) is 12.1 Å². The van der Waals surface area contributed by atoms with Crippen molar-refractivity contribution in [3.63, 3.8) is 0 Å². The lowest BCUT2D eigenvalue weighted by Gasteiger charge is -2.15. The highest BCUT2D eigenvalue weighted by Crippen LogP contribution is 2.26. The minimum atomic E-state index is 0.200. The molecule has 5 heteroatoms. The first-order valence-electron chi connectivity index (χ1n) is 6.50. The highest BCUT2D eigenvalue weighted by molar-refractivity contribution is 6.32. The SMILES string of the molecule is Cc1nc(Cl)c(C=O)c(NC2Cc3ccccc3C2)n1. The summed E-state index contributed by atoms with van der Waals surface area (Å²) >= 11 is 5.99. The van der Waals surface area contributed by atoms with E-state index in [-0.39, 0.29) is 11.2 Å². The predicted octanol–water partition coefficient (Wildman–Crippen LogP) is 2.83. The largest absolute Gasteiger partial charge is 0.366 e. The van der Waals surface area contributed by atoms with Crippen molar-refractivity contribution in [3.05, 3.63) is 51.9 Å². The van der Waals surface area contributed by atoms with Gasteiger partial charge in [0, 0.05) is 6.04 Å². The van der Waals surface area contributed by atoms with Gasteiger partial charge in [0.1, 0.15) is 16.8 Å². The number of halogens is 1. The van der Waals surface area contributed by atoms with Crippen molar-refractivity contribution < 1.29 is 4.79 Å². The average molecular weight is 288 g/mol. The number of hydrogen-bond donors (Lipinski definition) is 1. The summed E-state index contributed by atoms with van der Waals surface area (Å²) in [6, 6.07) is 8.59. The van der Waals surface area contributed by atoms with Crippen molar-refractivity contribution in [2.75, 3.05) is 5.32 Å². The summed E-state index contributed by atoms with van der Waals surface area (Å²) in [7, 11) is 0. The molecule has 0 atom stereocenters. The molecule has 1 aliphatic carbocycles. The van der Waals surface area contributed by atoms with E-state index in [4.69, 9.17) is 11.6 Å². The van der Waals surface area contributed by atoms with Crippen LogP contribution in [0.1, 0.15) is 27.3 Å². The van der Waals surface area contributed by atoms with Gasteiger partial charge in [-0.3, -0.25) is 4.79 Å². The zero-order valence-electron chi connectivity index (χ0n) is 11.1. The van der Waals surface area contributed by atoms with E-state index < -0.39 is 0 Å². The van der Waals surface area contributed by atoms with Crippen molar-refractivity contribution in [1.29, 1.82) is 0 Å². The van der Waals surface area contributed by atoms with E-state index in [1.165, 1.54) is 11.1 Å². The number of nitrogens with zero attached hydrogens (tertiary/aromatic N) is 2. The summed E-state index contributed by atoms with van der Waals surface area (Å²) in [6.45, 7) is 1.76. The Kier molecular flexibility index (Phi) is 3.40. The first-order valence-corrected chi connectivity index (χ1v) is 6.88. The number of aromatic nitrogens is 2. The molecule has 0 saturated carbocycles. The van der Waals surface area contributed by atoms with Gasteiger partial charge in [0.15, 0.2) is 6.29 Å². The van der Waals surface area contributed by atoms with Crippen LogP contribution in [0.4, 0.5) is 5.82 Å². The summed E-state index contributed by atoms with van der Waals surface area (Å²) in [5, 5.41) is 3.52. The Morgan fingerprint density at radius 3 is 2.50 bits per heavy atom. The number of anilines is 1. The molecule has 0 saturated heterocycles. The molecule has 20 heavy (non-hydrogen) atoms. The summed E-state index contributed by atoms with van der Waals surface area (Å²) in [6.07, 6.45) is 2.55. The van der Waals surface area contributed by atoms with Crippen LogP contribution < -0.4 is 5.32 Å². The molecule has 0 bridgehead atoms. The Labute approximate surface area is 122 Å². The van der Waals surface area contributed by atoms with Gasteiger partial charge in [-0.15, -0.1) is 0 Å². The fraction of sp³-hybridized carbons (Fsp3) is 0.267. The van der Waals surface area contributed by atoms with E-state index in [1.54, 1.807) is 6.92 Å². The monoisotopic (exact) mass is 287 g/mol. The van der Waals surface area contributed by atoms with Crippen molar-refractivity contribution in [1.82, 2.24) is 9.97 Å². The molecule has 0 fully saturated rings. The van der Waals surface area contributed by atoms with Gasteiger partial charge in [-0.1, -0.05) is 35.9 Å². The van der Waals surface area contributed by atoms with Crippen LogP contribution in [0.3, 0.4) is 0 Å². The normalized spacial score (nSPS) is 14.1. The summed E-state index contributed by atoms with van der Waals surface area (Å²) < 4.78 is 0. The topological polar surface area (TPSA) is 54.9 Å². The number of hydrogen-bond acceptors (Lipinski definition) is 4. The fourth-order valence-corrected chi connectivity index (χ4v) is 2.87. The van der Waals surface area contributed by atoms with Crippen LogP contribution in [-0.4, -0.2) is 22.3 Å². The van der Waals surface area contributed by atoms with Crippen LogP contribution in [-0.2, 0) is 12.8 Å². The number of carbonyl (C=O) groups excluding carboxylic acids is 1. The van der Waals surface area contributed by atoms with Crippen molar-refractivity contribution in [2.24, 2.45) is 0 Å². The number of benzene rings is 1. The Morgan fingerprint density at radius 1 is 1.25 bits per heavy atom. The van der Waals surface area contributed by atoms with Crippen molar-refractivity contribution >= 4 is 23.7 Å². The molecule has 3 rings (SSSR count). The van der Waals surface area contributed by atoms with Crippen molar-refractivity contribution in [2.45, 2.75) is 25.8 Å². The van der Waals surface area contributed by atoms with Gasteiger partial charge in [-0.2, -0.15) is 0 Å². The maximum absolute atomic E-state index is 11.1. The van der Waals surface area contributed by atoms with E-state index in [0.717, 1.165) is 12.8 Å². The van der Waals surface area contributed by atoms with Gasteiger partial charge in [-0.25, -0.2) is 9.97 Å². The molecule has 1 N–H and O–H groups in total. The molecule has 0 unspecified atom stereocenters. The van der Waals surface area contributed by atoms with Gasteiger partial charge in [-0.05, 0) is 30.9 Å². The van der Waals surface area contributed by atoms with Crippen LogP contribution in [0.5, 0.6) is 0 Å². The summed E-state index contributed by atoms with van der Waals surface area (Å²) in [5.41, 5.74) is 3.01. The summed E-state index contributed by atoms with van der Waals surface area (Å²) in [4.78, 5) is 19.4. The highest BCUT2D eigenvalue weighted by atomic mass is 35.5. The van der Waals surface area contributed by atoms with Crippen LogP contribution in [0.15, 0.2) is 24.3 Å². The first-order chi connectivity index (χ1) is 9.67. The second-order valence-corrected chi connectivity index (χ2v) is 5.32. The number of rotatable bonds is 3. The molecule has 1 aromatic heterocycles. The molecular weight excluding hydrogens is 274 g/mol. The molecule has 1 heterocycles. The molecule has 2 aromatic rings. The number of aldehydes is 1. The Hall–Kier alpha value is -1.94. The molecule has 0 radical (unpaired) electrons. The minimum absolute atomic E-state index is 0.200. The second kappa shape index (κ2) is 5.21. The van der Waals surface area contributed by atoms with E-state index in [2.05, 4.69) is 27.4 Å². The third kappa shape index (κ3) is 2.39. The van der Waals surface area contributed by atoms with Gasteiger partial charge < -0.3 is 5.32 Å². The molecule has 0 spiro atoms. The lowest BCUT2D eigenvalue weighted by atomic mass is 10.1. The predicted molar refractivity (Wildman–Crippen MR) is 78.4 cm³/mol. The van der Waals surface area contributed by atoms with Gasteiger partial charge >= 0.3 is 0 Å². The third-order valence-corrected chi connectivity index (χ3v) is 3.81. The third-order valence-electron chi connectivity index (χ3n) is 3.52. The molecule has 0 aliphatic heterocycles. The maximum atomic E-state index is 11.1. The molecular formula is C15H14ClN3O. The van der Waals surface area contributed by atoms with Gasteiger partial charge in [0.2, 0.25) is 0 Å². The highest BCUT2D eigenvalue weighted by Gasteiger charge is 2.22. The van der Waals surface area contributed by atoms with Crippen LogP contribution in [0.2, 0.25) is 5.15 Å². The lowest BCUT2D eigenvalue weighted by molar-refractivity contribution is 0.112. The average Bonchev–Trinajstić information content (AvgIpc) is 2.80.